The van der Waals surface area contributed by atoms with Crippen molar-refractivity contribution in [3.05, 3.63) is 48.0 Å². The fourth-order valence-electron chi connectivity index (χ4n) is 1.95. The molecule has 18 heavy (non-hydrogen) atoms. The van der Waals surface area contributed by atoms with E-state index in [0.717, 1.165) is 26.7 Å². The first-order chi connectivity index (χ1) is 8.63. The number of aromatic nitrogens is 1. The Balaban J connectivity index is 2.34. The number of nitrogens with zero attached hydrogens (tertiary/aromatic N) is 1. The maximum absolute atomic E-state index is 10.9. The van der Waals surface area contributed by atoms with Gasteiger partial charge in [-0.15, -0.1) is 12.6 Å². The molecular formula is C14H9NO2S. The van der Waals surface area contributed by atoms with Crippen molar-refractivity contribution in [3.63, 3.8) is 0 Å². The van der Waals surface area contributed by atoms with Crippen LogP contribution in [0.15, 0.2) is 47.4 Å². The molecule has 88 valence electrons. The molecular weight excluding hydrogens is 246 g/mol. The number of hydrogen-bond acceptors (Lipinski definition) is 3. The summed E-state index contributed by atoms with van der Waals surface area (Å²) in [6, 6.07) is 12.6. The molecule has 0 unspecified atom stereocenters. The van der Waals surface area contributed by atoms with Gasteiger partial charge in [0.1, 0.15) is 0 Å². The summed E-state index contributed by atoms with van der Waals surface area (Å²) < 4.78 is 0. The molecule has 0 aliphatic carbocycles. The average Bonchev–Trinajstić information content (AvgIpc) is 2.35. The zero-order valence-electron chi connectivity index (χ0n) is 9.29. The van der Waals surface area contributed by atoms with Crippen LogP contribution in [0.1, 0.15) is 10.4 Å². The molecule has 0 aliphatic heterocycles. The molecule has 1 N–H and O–H groups in total. The second-order valence-electron chi connectivity index (χ2n) is 4.08. The fourth-order valence-corrected chi connectivity index (χ4v) is 2.15. The second kappa shape index (κ2) is 3.99. The molecule has 1 aromatic heterocycles. The smallest absolute Gasteiger partial charge is 0.335 e. The van der Waals surface area contributed by atoms with Crippen molar-refractivity contribution in [1.82, 2.24) is 4.98 Å². The average molecular weight is 255 g/mol. The van der Waals surface area contributed by atoms with Crippen molar-refractivity contribution < 1.29 is 9.90 Å². The van der Waals surface area contributed by atoms with Gasteiger partial charge in [-0.25, -0.2) is 9.78 Å². The molecule has 0 bridgehead atoms. The third kappa shape index (κ3) is 1.80. The molecule has 0 spiro atoms. The van der Waals surface area contributed by atoms with Gasteiger partial charge < -0.3 is 5.11 Å². The Morgan fingerprint density at radius 3 is 2.61 bits per heavy atom. The number of benzene rings is 2. The van der Waals surface area contributed by atoms with Crippen molar-refractivity contribution in [2.45, 2.75) is 4.90 Å². The quantitative estimate of drug-likeness (QED) is 0.517. The number of hydrogen-bond donors (Lipinski definition) is 2. The van der Waals surface area contributed by atoms with Crippen LogP contribution >= 0.6 is 12.6 Å². The molecule has 0 saturated heterocycles. The molecule has 3 aromatic rings. The monoisotopic (exact) mass is 255 g/mol. The second-order valence-corrected chi connectivity index (χ2v) is 4.59. The van der Waals surface area contributed by atoms with E-state index in [1.165, 1.54) is 0 Å². The summed E-state index contributed by atoms with van der Waals surface area (Å²) in [6.07, 6.45) is 0. The zero-order chi connectivity index (χ0) is 12.7. The van der Waals surface area contributed by atoms with Crippen LogP contribution in [0, 0.1) is 0 Å². The van der Waals surface area contributed by atoms with Gasteiger partial charge >= 0.3 is 5.97 Å². The topological polar surface area (TPSA) is 50.2 Å². The fraction of sp³-hybridized carbons (Fsp3) is 0. The van der Waals surface area contributed by atoms with Gasteiger partial charge in [0.2, 0.25) is 0 Å². The van der Waals surface area contributed by atoms with Crippen molar-refractivity contribution >= 4 is 40.4 Å². The van der Waals surface area contributed by atoms with Crippen molar-refractivity contribution in [2.75, 3.05) is 0 Å². The van der Waals surface area contributed by atoms with Gasteiger partial charge in [0.15, 0.2) is 0 Å². The number of carboxylic acid groups (broad SMARTS) is 1. The highest BCUT2D eigenvalue weighted by Gasteiger charge is 2.05. The van der Waals surface area contributed by atoms with E-state index in [4.69, 9.17) is 5.11 Å². The normalized spacial score (nSPS) is 10.9. The zero-order valence-corrected chi connectivity index (χ0v) is 10.2. The molecule has 0 saturated carbocycles. The van der Waals surface area contributed by atoms with Gasteiger partial charge in [0, 0.05) is 15.7 Å². The molecule has 0 amide bonds. The minimum atomic E-state index is -0.928. The standard InChI is InChI=1S/C14H9NO2S/c16-14(17)9-2-4-12-10(6-9)5-8-1-3-11(18)7-13(8)15-12/h1-7,18H,(H,16,17). The number of rotatable bonds is 1. The van der Waals surface area contributed by atoms with E-state index in [-0.39, 0.29) is 5.56 Å². The van der Waals surface area contributed by atoms with Crippen molar-refractivity contribution in [2.24, 2.45) is 0 Å². The maximum Gasteiger partial charge on any atom is 0.335 e. The van der Waals surface area contributed by atoms with E-state index in [1.54, 1.807) is 18.2 Å². The van der Waals surface area contributed by atoms with Gasteiger partial charge in [0.25, 0.3) is 0 Å². The Morgan fingerprint density at radius 1 is 1.00 bits per heavy atom. The van der Waals surface area contributed by atoms with E-state index < -0.39 is 5.97 Å². The lowest BCUT2D eigenvalue weighted by molar-refractivity contribution is 0.0697. The summed E-state index contributed by atoms with van der Waals surface area (Å²) in [4.78, 5) is 16.3. The number of carboxylic acids is 1. The summed E-state index contributed by atoms with van der Waals surface area (Å²) in [7, 11) is 0. The van der Waals surface area contributed by atoms with Crippen LogP contribution in [0.5, 0.6) is 0 Å². The summed E-state index contributed by atoms with van der Waals surface area (Å²) in [6.45, 7) is 0. The Labute approximate surface area is 108 Å². The van der Waals surface area contributed by atoms with E-state index in [1.807, 2.05) is 24.3 Å². The molecule has 0 fully saturated rings. The van der Waals surface area contributed by atoms with E-state index >= 15 is 0 Å². The molecule has 3 rings (SSSR count). The molecule has 2 aromatic carbocycles. The van der Waals surface area contributed by atoms with E-state index in [2.05, 4.69) is 17.6 Å². The Morgan fingerprint density at radius 2 is 1.83 bits per heavy atom. The van der Waals surface area contributed by atoms with Gasteiger partial charge in [0.05, 0.1) is 16.6 Å². The van der Waals surface area contributed by atoms with Crippen LogP contribution < -0.4 is 0 Å². The molecule has 1 heterocycles. The van der Waals surface area contributed by atoms with Gasteiger partial charge in [-0.2, -0.15) is 0 Å². The minimum absolute atomic E-state index is 0.273. The molecule has 4 heteroatoms. The summed E-state index contributed by atoms with van der Waals surface area (Å²) in [5.41, 5.74) is 1.92. The first-order valence-corrected chi connectivity index (χ1v) is 5.85. The number of pyridine rings is 1. The highest BCUT2D eigenvalue weighted by Crippen LogP contribution is 2.22. The van der Waals surface area contributed by atoms with Gasteiger partial charge in [-0.1, -0.05) is 6.07 Å². The molecule has 0 aliphatic rings. The first kappa shape index (κ1) is 11.0. The number of aromatic carboxylic acids is 1. The van der Waals surface area contributed by atoms with Crippen LogP contribution in [-0.4, -0.2) is 16.1 Å². The van der Waals surface area contributed by atoms with Gasteiger partial charge in [-0.05, 0) is 36.4 Å². The highest BCUT2D eigenvalue weighted by molar-refractivity contribution is 7.80. The van der Waals surface area contributed by atoms with Gasteiger partial charge in [-0.3, -0.25) is 0 Å². The Bertz CT molecular complexity index is 783. The summed E-state index contributed by atoms with van der Waals surface area (Å²) in [5, 5.41) is 10.8. The van der Waals surface area contributed by atoms with Crippen molar-refractivity contribution in [3.8, 4) is 0 Å². The Hall–Kier alpha value is -2.07. The molecule has 3 nitrogen and oxygen atoms in total. The first-order valence-electron chi connectivity index (χ1n) is 5.40. The van der Waals surface area contributed by atoms with Crippen LogP contribution in [0.2, 0.25) is 0 Å². The summed E-state index contributed by atoms with van der Waals surface area (Å²) in [5.74, 6) is -0.928. The lowest BCUT2D eigenvalue weighted by Crippen LogP contribution is -1.95. The van der Waals surface area contributed by atoms with E-state index in [0.29, 0.717) is 0 Å². The number of carbonyl (C=O) groups is 1. The van der Waals surface area contributed by atoms with Crippen LogP contribution in [0.25, 0.3) is 21.8 Å². The maximum atomic E-state index is 10.9. The third-order valence-corrected chi connectivity index (χ3v) is 3.12. The predicted molar refractivity (Wildman–Crippen MR) is 73.5 cm³/mol. The van der Waals surface area contributed by atoms with Crippen molar-refractivity contribution in [1.29, 1.82) is 0 Å². The SMILES string of the molecule is O=C(O)c1ccc2nc3cc(S)ccc3cc2c1. The highest BCUT2D eigenvalue weighted by atomic mass is 32.1. The minimum Gasteiger partial charge on any atom is -0.478 e. The number of fused-ring (bicyclic) bond motifs is 2. The number of thiol groups is 1. The molecule has 0 atom stereocenters. The van der Waals surface area contributed by atoms with Crippen LogP contribution in [-0.2, 0) is 0 Å². The predicted octanol–water partition coefficient (Wildman–Crippen LogP) is 3.37. The Kier molecular flexibility index (Phi) is 2.45. The third-order valence-electron chi connectivity index (χ3n) is 2.84. The lowest BCUT2D eigenvalue weighted by Gasteiger charge is -2.03. The molecule has 0 radical (unpaired) electrons. The largest absolute Gasteiger partial charge is 0.478 e. The van der Waals surface area contributed by atoms with Crippen LogP contribution in [0.4, 0.5) is 0 Å². The summed E-state index contributed by atoms with van der Waals surface area (Å²) >= 11 is 4.28. The van der Waals surface area contributed by atoms with Crippen LogP contribution in [0.3, 0.4) is 0 Å². The lowest BCUT2D eigenvalue weighted by atomic mass is 10.1. The van der Waals surface area contributed by atoms with E-state index in [9.17, 15) is 4.79 Å².